The van der Waals surface area contributed by atoms with E-state index >= 15 is 0 Å². The monoisotopic (exact) mass is 563 g/mol. The lowest BCUT2D eigenvalue weighted by Crippen LogP contribution is -2.57. The number of amides is 2. The van der Waals surface area contributed by atoms with E-state index in [-0.39, 0.29) is 26.4 Å². The van der Waals surface area contributed by atoms with Gasteiger partial charge in [0.25, 0.3) is 11.8 Å². The highest BCUT2D eigenvalue weighted by Crippen LogP contribution is 2.38. The van der Waals surface area contributed by atoms with Crippen molar-refractivity contribution >= 4 is 75.5 Å². The van der Waals surface area contributed by atoms with Crippen molar-refractivity contribution in [2.75, 3.05) is 41.0 Å². The van der Waals surface area contributed by atoms with Crippen molar-refractivity contribution in [3.05, 3.63) is 106 Å². The number of hydrogen-bond acceptors (Lipinski definition) is 5. The number of para-hydroxylation sites is 1. The Balaban J connectivity index is 1.55. The van der Waals surface area contributed by atoms with Crippen LogP contribution in [0.5, 0.6) is 0 Å². The van der Waals surface area contributed by atoms with Crippen LogP contribution in [0.15, 0.2) is 90.5 Å². The van der Waals surface area contributed by atoms with E-state index in [0.29, 0.717) is 18.9 Å². The topological polar surface area (TPSA) is 53.1 Å². The maximum absolute atomic E-state index is 13.7. The average molecular weight is 564 g/mol. The van der Waals surface area contributed by atoms with Crippen LogP contribution in [-0.4, -0.2) is 43.2 Å². The predicted molar refractivity (Wildman–Crippen MR) is 157 cm³/mol. The Morgan fingerprint density at radius 1 is 0.763 bits per heavy atom. The lowest BCUT2D eigenvalue weighted by Gasteiger charge is -2.37. The first-order valence-corrected chi connectivity index (χ1v) is 13.1. The van der Waals surface area contributed by atoms with Gasteiger partial charge in [-0.05, 0) is 60.3 Å². The van der Waals surface area contributed by atoms with Crippen LogP contribution in [0.3, 0.4) is 0 Å². The summed E-state index contributed by atoms with van der Waals surface area (Å²) < 4.78 is 5.44. The van der Waals surface area contributed by atoms with Gasteiger partial charge in [0, 0.05) is 18.8 Å². The SMILES string of the molecule is O=C1/C(=C/C=C/c2ccccc2)C(=O)N(c2c(Cl)cccc2Cl)C(=S)N1c1ccc(N2CCOCC2)cc1. The zero-order valence-corrected chi connectivity index (χ0v) is 22.5. The molecule has 2 aliphatic heterocycles. The fourth-order valence-electron chi connectivity index (χ4n) is 4.33. The van der Waals surface area contributed by atoms with Gasteiger partial charge in [-0.15, -0.1) is 0 Å². The van der Waals surface area contributed by atoms with Crippen molar-refractivity contribution < 1.29 is 14.3 Å². The van der Waals surface area contributed by atoms with Crippen LogP contribution in [0.4, 0.5) is 17.1 Å². The maximum Gasteiger partial charge on any atom is 0.270 e. The molecule has 2 heterocycles. The molecule has 0 saturated carbocycles. The minimum atomic E-state index is -0.603. The minimum absolute atomic E-state index is 0.0293. The number of anilines is 3. The van der Waals surface area contributed by atoms with Crippen LogP contribution >= 0.6 is 35.4 Å². The van der Waals surface area contributed by atoms with Gasteiger partial charge in [-0.1, -0.05) is 71.8 Å². The molecular formula is C29H23Cl2N3O3S. The molecule has 0 unspecified atom stereocenters. The molecule has 2 amide bonds. The molecule has 2 fully saturated rings. The third-order valence-corrected chi connectivity index (χ3v) is 7.22. The van der Waals surface area contributed by atoms with Crippen LogP contribution in [0.25, 0.3) is 6.08 Å². The third kappa shape index (κ3) is 5.24. The molecule has 0 bridgehead atoms. The fourth-order valence-corrected chi connectivity index (χ4v) is 5.26. The quantitative estimate of drug-likeness (QED) is 0.212. The summed E-state index contributed by atoms with van der Waals surface area (Å²) >= 11 is 18.7. The zero-order valence-electron chi connectivity index (χ0n) is 20.2. The highest BCUT2D eigenvalue weighted by Gasteiger charge is 2.42. The molecule has 2 aliphatic rings. The number of thiocarbonyl (C=S) groups is 1. The van der Waals surface area contributed by atoms with E-state index in [1.807, 2.05) is 60.7 Å². The van der Waals surface area contributed by atoms with Crippen LogP contribution in [0, 0.1) is 0 Å². The molecule has 6 nitrogen and oxygen atoms in total. The number of hydrogen-bond donors (Lipinski definition) is 0. The summed E-state index contributed by atoms with van der Waals surface area (Å²) in [7, 11) is 0. The Labute approximate surface area is 236 Å². The molecule has 2 saturated heterocycles. The highest BCUT2D eigenvalue weighted by atomic mass is 35.5. The van der Waals surface area contributed by atoms with Gasteiger partial charge >= 0.3 is 0 Å². The van der Waals surface area contributed by atoms with E-state index in [4.69, 9.17) is 40.2 Å². The number of carbonyl (C=O) groups excluding carboxylic acids is 2. The molecule has 9 heteroatoms. The second-order valence-electron chi connectivity index (χ2n) is 8.60. The molecule has 0 spiro atoms. The molecule has 0 N–H and O–H groups in total. The average Bonchev–Trinajstić information content (AvgIpc) is 2.93. The number of benzene rings is 3. The van der Waals surface area contributed by atoms with Gasteiger partial charge in [-0.3, -0.25) is 14.5 Å². The number of rotatable bonds is 5. The first-order chi connectivity index (χ1) is 18.5. The van der Waals surface area contributed by atoms with E-state index in [9.17, 15) is 9.59 Å². The largest absolute Gasteiger partial charge is 0.378 e. The Morgan fingerprint density at radius 3 is 2.03 bits per heavy atom. The van der Waals surface area contributed by atoms with Crippen molar-refractivity contribution in [2.24, 2.45) is 0 Å². The van der Waals surface area contributed by atoms with Crippen molar-refractivity contribution in [1.82, 2.24) is 0 Å². The van der Waals surface area contributed by atoms with Crippen molar-refractivity contribution in [3.8, 4) is 0 Å². The van der Waals surface area contributed by atoms with Crippen molar-refractivity contribution in [1.29, 1.82) is 0 Å². The molecule has 3 aromatic rings. The van der Waals surface area contributed by atoms with Crippen molar-refractivity contribution in [2.45, 2.75) is 0 Å². The van der Waals surface area contributed by atoms with Gasteiger partial charge in [0.05, 0.1) is 34.6 Å². The Morgan fingerprint density at radius 2 is 1.37 bits per heavy atom. The van der Waals surface area contributed by atoms with E-state index in [2.05, 4.69) is 4.90 Å². The molecule has 5 rings (SSSR count). The standard InChI is InChI=1S/C29H23Cl2N3O3S/c30-24-10-5-11-25(31)26(24)34-28(36)23(9-4-8-20-6-2-1-3-7-20)27(35)33(29(34)38)22-14-12-21(13-15-22)32-16-18-37-19-17-32/h1-15H,16-19H2/b8-4+,23-9-. The van der Waals surface area contributed by atoms with Crippen LogP contribution < -0.4 is 14.7 Å². The summed E-state index contributed by atoms with van der Waals surface area (Å²) in [6, 6.07) is 22.0. The van der Waals surface area contributed by atoms with Gasteiger partial charge in [-0.2, -0.15) is 0 Å². The van der Waals surface area contributed by atoms with E-state index in [1.54, 1.807) is 24.3 Å². The molecule has 192 valence electrons. The summed E-state index contributed by atoms with van der Waals surface area (Å²) in [5.41, 5.74) is 2.62. The normalized spacial score (nSPS) is 17.7. The van der Waals surface area contributed by atoms with Gasteiger partial charge in [0.1, 0.15) is 5.57 Å². The van der Waals surface area contributed by atoms with Gasteiger partial charge in [0.2, 0.25) is 0 Å². The smallest absolute Gasteiger partial charge is 0.270 e. The number of halogens is 2. The molecule has 3 aromatic carbocycles. The first-order valence-electron chi connectivity index (χ1n) is 12.0. The van der Waals surface area contributed by atoms with E-state index < -0.39 is 11.8 Å². The Bertz CT molecular complexity index is 1410. The zero-order chi connectivity index (χ0) is 26.6. The van der Waals surface area contributed by atoms with Crippen molar-refractivity contribution in [3.63, 3.8) is 0 Å². The second-order valence-corrected chi connectivity index (χ2v) is 9.78. The Kier molecular flexibility index (Phi) is 7.90. The second kappa shape index (κ2) is 11.5. The fraction of sp³-hybridized carbons (Fsp3) is 0.138. The maximum atomic E-state index is 13.7. The number of nitrogens with zero attached hydrogens (tertiary/aromatic N) is 3. The van der Waals surface area contributed by atoms with Gasteiger partial charge < -0.3 is 9.64 Å². The summed E-state index contributed by atoms with van der Waals surface area (Å²) in [6.45, 7) is 2.90. The predicted octanol–water partition coefficient (Wildman–Crippen LogP) is 6.13. The molecule has 38 heavy (non-hydrogen) atoms. The third-order valence-electron chi connectivity index (χ3n) is 6.25. The van der Waals surface area contributed by atoms with Crippen LogP contribution in [0.1, 0.15) is 5.56 Å². The van der Waals surface area contributed by atoms with Gasteiger partial charge in [0.15, 0.2) is 5.11 Å². The Hall–Kier alpha value is -3.49. The summed E-state index contributed by atoms with van der Waals surface area (Å²) in [6.07, 6.45) is 4.97. The van der Waals surface area contributed by atoms with Crippen LogP contribution in [0.2, 0.25) is 10.0 Å². The van der Waals surface area contributed by atoms with Crippen LogP contribution in [-0.2, 0) is 14.3 Å². The molecule has 0 radical (unpaired) electrons. The number of ether oxygens (including phenoxy) is 1. The van der Waals surface area contributed by atoms with E-state index in [1.165, 1.54) is 15.9 Å². The molecule has 0 aliphatic carbocycles. The molecule has 0 aromatic heterocycles. The summed E-state index contributed by atoms with van der Waals surface area (Å²) in [5.74, 6) is -1.13. The minimum Gasteiger partial charge on any atom is -0.378 e. The lowest BCUT2D eigenvalue weighted by molar-refractivity contribution is -0.120. The number of morpholine rings is 1. The van der Waals surface area contributed by atoms with Gasteiger partial charge in [-0.25, -0.2) is 4.90 Å². The summed E-state index contributed by atoms with van der Waals surface area (Å²) in [5, 5.41) is 0.451. The highest BCUT2D eigenvalue weighted by molar-refractivity contribution is 7.81. The number of allylic oxidation sites excluding steroid dienone is 2. The molecular weight excluding hydrogens is 541 g/mol. The number of carbonyl (C=O) groups is 2. The first kappa shape index (κ1) is 26.1. The molecule has 0 atom stereocenters. The van der Waals surface area contributed by atoms with E-state index in [0.717, 1.165) is 24.3 Å². The summed E-state index contributed by atoms with van der Waals surface area (Å²) in [4.78, 5) is 32.2. The lowest BCUT2D eigenvalue weighted by atomic mass is 10.1.